The van der Waals surface area contributed by atoms with Gasteiger partial charge in [0.1, 0.15) is 5.60 Å². The Morgan fingerprint density at radius 3 is 2.89 bits per heavy atom. The van der Waals surface area contributed by atoms with Crippen LogP contribution in [0.3, 0.4) is 0 Å². The van der Waals surface area contributed by atoms with Gasteiger partial charge in [-0.3, -0.25) is 4.98 Å². The van der Waals surface area contributed by atoms with E-state index >= 15 is 0 Å². The molecule has 0 unspecified atom stereocenters. The second-order valence-corrected chi connectivity index (χ2v) is 5.85. The van der Waals surface area contributed by atoms with Crippen LogP contribution in [0.4, 0.5) is 4.79 Å². The molecule has 0 fully saturated rings. The normalized spacial score (nSPS) is 15.2. The highest BCUT2D eigenvalue weighted by Gasteiger charge is 2.26. The molecule has 2 heterocycles. The standard InChI is InChI=1S/C13H17ClN2O2/c1-13(2,3)18-12(17)16-5-4-11-9(8-16)6-10(14)7-15-11/h6-7H,4-5,8H2,1-3H3. The zero-order chi connectivity index (χ0) is 13.3. The van der Waals surface area contributed by atoms with Crippen LogP contribution in [0.15, 0.2) is 12.3 Å². The molecular formula is C13H17ClN2O2. The zero-order valence-corrected chi connectivity index (χ0v) is 11.6. The molecule has 1 aromatic heterocycles. The summed E-state index contributed by atoms with van der Waals surface area (Å²) in [7, 11) is 0. The number of pyridine rings is 1. The predicted octanol–water partition coefficient (Wildman–Crippen LogP) is 3.03. The molecule has 98 valence electrons. The first kappa shape index (κ1) is 13.1. The zero-order valence-electron chi connectivity index (χ0n) is 10.9. The van der Waals surface area contributed by atoms with Gasteiger partial charge in [-0.05, 0) is 32.4 Å². The van der Waals surface area contributed by atoms with Crippen LogP contribution in [-0.4, -0.2) is 28.1 Å². The Hall–Kier alpha value is -1.29. The Labute approximate surface area is 112 Å². The van der Waals surface area contributed by atoms with Gasteiger partial charge in [-0.2, -0.15) is 0 Å². The third kappa shape index (κ3) is 3.13. The minimum absolute atomic E-state index is 0.284. The number of hydrogen-bond acceptors (Lipinski definition) is 3. The van der Waals surface area contributed by atoms with Crippen LogP contribution in [0.2, 0.25) is 5.02 Å². The summed E-state index contributed by atoms with van der Waals surface area (Å²) in [6.45, 7) is 6.73. The van der Waals surface area contributed by atoms with Gasteiger partial charge in [0.25, 0.3) is 0 Å². The number of nitrogens with zero attached hydrogens (tertiary/aromatic N) is 2. The summed E-state index contributed by atoms with van der Waals surface area (Å²) in [5.74, 6) is 0. The molecule has 0 atom stereocenters. The fourth-order valence-corrected chi connectivity index (χ4v) is 2.06. The number of halogens is 1. The molecule has 5 heteroatoms. The second-order valence-electron chi connectivity index (χ2n) is 5.41. The molecule has 1 aliphatic heterocycles. The van der Waals surface area contributed by atoms with Crippen molar-refractivity contribution < 1.29 is 9.53 Å². The molecule has 1 aliphatic rings. The topological polar surface area (TPSA) is 42.4 Å². The van der Waals surface area contributed by atoms with E-state index in [0.717, 1.165) is 17.7 Å². The van der Waals surface area contributed by atoms with Crippen molar-refractivity contribution in [2.75, 3.05) is 6.54 Å². The lowest BCUT2D eigenvalue weighted by atomic mass is 10.1. The summed E-state index contributed by atoms with van der Waals surface area (Å²) >= 11 is 5.91. The van der Waals surface area contributed by atoms with Crippen molar-refractivity contribution in [3.05, 3.63) is 28.5 Å². The van der Waals surface area contributed by atoms with E-state index in [1.165, 1.54) is 0 Å². The number of carbonyl (C=O) groups excluding carboxylic acids is 1. The molecule has 1 amide bonds. The number of fused-ring (bicyclic) bond motifs is 1. The Bertz CT molecular complexity index is 469. The lowest BCUT2D eigenvalue weighted by molar-refractivity contribution is 0.0223. The molecule has 0 saturated heterocycles. The molecule has 4 nitrogen and oxygen atoms in total. The first-order valence-corrected chi connectivity index (χ1v) is 6.34. The van der Waals surface area contributed by atoms with Gasteiger partial charge in [-0.25, -0.2) is 4.79 Å². The first-order valence-electron chi connectivity index (χ1n) is 5.96. The van der Waals surface area contributed by atoms with E-state index in [9.17, 15) is 4.79 Å². The average Bonchev–Trinajstić information content (AvgIpc) is 2.25. The molecule has 0 bridgehead atoms. The minimum atomic E-state index is -0.468. The smallest absolute Gasteiger partial charge is 0.410 e. The fourth-order valence-electron chi connectivity index (χ4n) is 1.88. The molecule has 1 aromatic rings. The van der Waals surface area contributed by atoms with E-state index in [1.807, 2.05) is 26.8 Å². The molecule has 2 rings (SSSR count). The van der Waals surface area contributed by atoms with E-state index in [4.69, 9.17) is 16.3 Å². The largest absolute Gasteiger partial charge is 0.444 e. The van der Waals surface area contributed by atoms with Crippen LogP contribution in [0.5, 0.6) is 0 Å². The number of ether oxygens (including phenoxy) is 1. The summed E-state index contributed by atoms with van der Waals surface area (Å²) in [4.78, 5) is 17.9. The Kier molecular flexibility index (Phi) is 3.48. The Balaban J connectivity index is 2.09. The number of carbonyl (C=O) groups is 1. The van der Waals surface area contributed by atoms with E-state index in [0.29, 0.717) is 18.1 Å². The van der Waals surface area contributed by atoms with Crippen LogP contribution in [0.1, 0.15) is 32.0 Å². The van der Waals surface area contributed by atoms with E-state index in [-0.39, 0.29) is 6.09 Å². The second kappa shape index (κ2) is 4.76. The third-order valence-electron chi connectivity index (χ3n) is 2.66. The summed E-state index contributed by atoms with van der Waals surface area (Å²) < 4.78 is 5.36. The first-order chi connectivity index (χ1) is 8.35. The predicted molar refractivity (Wildman–Crippen MR) is 69.6 cm³/mol. The van der Waals surface area contributed by atoms with Gasteiger partial charge in [0.15, 0.2) is 0 Å². The molecule has 0 N–H and O–H groups in total. The van der Waals surface area contributed by atoms with Crippen LogP contribution in [0, 0.1) is 0 Å². The van der Waals surface area contributed by atoms with Crippen LogP contribution in [-0.2, 0) is 17.7 Å². The molecule has 0 aliphatic carbocycles. The highest BCUT2D eigenvalue weighted by Crippen LogP contribution is 2.22. The number of hydrogen-bond donors (Lipinski definition) is 0. The van der Waals surface area contributed by atoms with Crippen LogP contribution < -0.4 is 0 Å². The molecular weight excluding hydrogens is 252 g/mol. The summed E-state index contributed by atoms with van der Waals surface area (Å²) in [5, 5.41) is 0.597. The fraction of sp³-hybridized carbons (Fsp3) is 0.538. The van der Waals surface area contributed by atoms with Crippen molar-refractivity contribution in [1.82, 2.24) is 9.88 Å². The van der Waals surface area contributed by atoms with Crippen molar-refractivity contribution in [2.45, 2.75) is 39.3 Å². The maximum atomic E-state index is 12.0. The molecule has 0 saturated carbocycles. The average molecular weight is 269 g/mol. The summed E-state index contributed by atoms with van der Waals surface area (Å²) in [6.07, 6.45) is 2.10. The quantitative estimate of drug-likeness (QED) is 0.726. The number of rotatable bonds is 0. The van der Waals surface area contributed by atoms with Crippen molar-refractivity contribution >= 4 is 17.7 Å². The van der Waals surface area contributed by atoms with Crippen LogP contribution >= 0.6 is 11.6 Å². The lowest BCUT2D eigenvalue weighted by Crippen LogP contribution is -2.40. The molecule has 18 heavy (non-hydrogen) atoms. The van der Waals surface area contributed by atoms with Gasteiger partial charge in [-0.15, -0.1) is 0 Å². The number of amides is 1. The van der Waals surface area contributed by atoms with Gasteiger partial charge in [0, 0.05) is 24.9 Å². The van der Waals surface area contributed by atoms with Gasteiger partial charge < -0.3 is 9.64 Å². The van der Waals surface area contributed by atoms with E-state index in [2.05, 4.69) is 4.98 Å². The minimum Gasteiger partial charge on any atom is -0.444 e. The van der Waals surface area contributed by atoms with Crippen molar-refractivity contribution in [3.63, 3.8) is 0 Å². The van der Waals surface area contributed by atoms with Crippen LogP contribution in [0.25, 0.3) is 0 Å². The Morgan fingerprint density at radius 1 is 1.50 bits per heavy atom. The van der Waals surface area contributed by atoms with Gasteiger partial charge in [0.05, 0.1) is 11.6 Å². The van der Waals surface area contributed by atoms with Crippen molar-refractivity contribution in [3.8, 4) is 0 Å². The SMILES string of the molecule is CC(C)(C)OC(=O)N1CCc2ncc(Cl)cc2C1. The third-order valence-corrected chi connectivity index (χ3v) is 2.86. The summed E-state index contributed by atoms with van der Waals surface area (Å²) in [5.41, 5.74) is 1.54. The molecule has 0 spiro atoms. The van der Waals surface area contributed by atoms with E-state index < -0.39 is 5.60 Å². The lowest BCUT2D eigenvalue weighted by Gasteiger charge is -2.30. The maximum absolute atomic E-state index is 12.0. The van der Waals surface area contributed by atoms with Gasteiger partial charge >= 0.3 is 6.09 Å². The number of aromatic nitrogens is 1. The van der Waals surface area contributed by atoms with Crippen molar-refractivity contribution in [1.29, 1.82) is 0 Å². The highest BCUT2D eigenvalue weighted by molar-refractivity contribution is 6.30. The maximum Gasteiger partial charge on any atom is 0.410 e. The highest BCUT2D eigenvalue weighted by atomic mass is 35.5. The summed E-state index contributed by atoms with van der Waals surface area (Å²) in [6, 6.07) is 1.86. The Morgan fingerprint density at radius 2 is 2.22 bits per heavy atom. The van der Waals surface area contributed by atoms with Gasteiger partial charge in [-0.1, -0.05) is 11.6 Å². The monoisotopic (exact) mass is 268 g/mol. The van der Waals surface area contributed by atoms with E-state index in [1.54, 1.807) is 11.1 Å². The molecule has 0 radical (unpaired) electrons. The molecule has 0 aromatic carbocycles. The van der Waals surface area contributed by atoms with Crippen molar-refractivity contribution in [2.24, 2.45) is 0 Å². The van der Waals surface area contributed by atoms with Gasteiger partial charge in [0.2, 0.25) is 0 Å².